The van der Waals surface area contributed by atoms with E-state index in [1.54, 1.807) is 0 Å². The lowest BCUT2D eigenvalue weighted by Crippen LogP contribution is -2.63. The van der Waals surface area contributed by atoms with E-state index in [0.29, 0.717) is 44.8 Å². The Bertz CT molecular complexity index is 731. The van der Waals surface area contributed by atoms with Crippen molar-refractivity contribution in [2.24, 2.45) is 17.3 Å². The molecule has 0 radical (unpaired) electrons. The number of ether oxygens (including phenoxy) is 4. The molecule has 3 saturated heterocycles. The Morgan fingerprint density at radius 1 is 0.967 bits per heavy atom. The summed E-state index contributed by atoms with van der Waals surface area (Å²) in [7, 11) is 0. The molecule has 168 valence electrons. The van der Waals surface area contributed by atoms with Crippen molar-refractivity contribution in [2.75, 3.05) is 19.8 Å². The van der Waals surface area contributed by atoms with Crippen molar-refractivity contribution in [3.8, 4) is 5.75 Å². The van der Waals surface area contributed by atoms with E-state index in [0.717, 1.165) is 12.8 Å². The molecule has 4 nitrogen and oxygen atoms in total. The Hall–Kier alpha value is -1.45. The molecule has 5 rings (SSSR count). The van der Waals surface area contributed by atoms with Crippen LogP contribution in [0, 0.1) is 34.7 Å². The van der Waals surface area contributed by atoms with Gasteiger partial charge in [0, 0.05) is 23.5 Å². The molecular weight excluding hydrogens is 411 g/mol. The van der Waals surface area contributed by atoms with E-state index in [1.807, 2.05) is 0 Å². The minimum absolute atomic E-state index is 0.0990. The molecule has 1 saturated carbocycles. The number of benzene rings is 1. The third-order valence-electron chi connectivity index (χ3n) is 6.43. The van der Waals surface area contributed by atoms with E-state index >= 15 is 0 Å². The molecule has 4 aliphatic rings. The number of hydrogen-bond acceptors (Lipinski definition) is 4. The lowest BCUT2D eigenvalue weighted by Gasteiger charge is -2.55. The van der Waals surface area contributed by atoms with Gasteiger partial charge in [-0.05, 0) is 32.1 Å². The molecule has 1 aromatic rings. The summed E-state index contributed by atoms with van der Waals surface area (Å²) in [4.78, 5) is 0. The monoisotopic (exact) mass is 436 g/mol. The van der Waals surface area contributed by atoms with Crippen LogP contribution in [0.25, 0.3) is 0 Å². The summed E-state index contributed by atoms with van der Waals surface area (Å²) in [6.45, 7) is 3.68. The fourth-order valence-corrected chi connectivity index (χ4v) is 4.73. The quantitative estimate of drug-likeness (QED) is 0.442. The van der Waals surface area contributed by atoms with E-state index in [4.69, 9.17) is 14.2 Å². The summed E-state index contributed by atoms with van der Waals surface area (Å²) < 4.78 is 91.2. The maximum absolute atomic E-state index is 14.6. The van der Waals surface area contributed by atoms with Crippen molar-refractivity contribution in [1.29, 1.82) is 0 Å². The first-order valence-corrected chi connectivity index (χ1v) is 10.3. The van der Waals surface area contributed by atoms with Gasteiger partial charge in [0.2, 0.25) is 0 Å². The molecule has 3 aliphatic heterocycles. The van der Waals surface area contributed by atoms with Crippen molar-refractivity contribution < 1.29 is 40.9 Å². The maximum atomic E-state index is 14.6. The second kappa shape index (κ2) is 7.91. The van der Waals surface area contributed by atoms with E-state index in [2.05, 4.69) is 11.7 Å². The van der Waals surface area contributed by atoms with Gasteiger partial charge >= 0.3 is 6.11 Å². The first-order chi connectivity index (χ1) is 14.2. The maximum Gasteiger partial charge on any atom is 0.400 e. The molecule has 9 heteroatoms. The number of rotatable bonds is 6. The average molecular weight is 436 g/mol. The molecule has 1 aliphatic carbocycles. The van der Waals surface area contributed by atoms with Gasteiger partial charge in [-0.25, -0.2) is 13.2 Å². The van der Waals surface area contributed by atoms with E-state index in [1.165, 1.54) is 0 Å². The number of halogens is 5. The largest absolute Gasteiger partial charge is 0.432 e. The summed E-state index contributed by atoms with van der Waals surface area (Å²) in [6.07, 6.45) is -0.789. The molecule has 30 heavy (non-hydrogen) atoms. The minimum atomic E-state index is -3.66. The van der Waals surface area contributed by atoms with Crippen LogP contribution in [0.5, 0.6) is 5.75 Å². The van der Waals surface area contributed by atoms with Crippen molar-refractivity contribution in [2.45, 2.75) is 57.5 Å². The Labute approximate surface area is 171 Å². The zero-order chi connectivity index (χ0) is 21.6. The lowest BCUT2D eigenvalue weighted by atomic mass is 9.77. The van der Waals surface area contributed by atoms with Crippen molar-refractivity contribution in [1.82, 2.24) is 0 Å². The lowest BCUT2D eigenvalue weighted by molar-refractivity contribution is -0.489. The number of fused-ring (bicyclic) bond motifs is 3. The van der Waals surface area contributed by atoms with Gasteiger partial charge in [-0.1, -0.05) is 13.3 Å². The highest BCUT2D eigenvalue weighted by molar-refractivity contribution is 5.25. The van der Waals surface area contributed by atoms with Crippen molar-refractivity contribution in [3.63, 3.8) is 0 Å². The van der Waals surface area contributed by atoms with Gasteiger partial charge in [0.1, 0.15) is 5.75 Å². The molecule has 0 spiro atoms. The van der Waals surface area contributed by atoms with Gasteiger partial charge in [0.05, 0.1) is 25.7 Å². The molecule has 2 bridgehead atoms. The topological polar surface area (TPSA) is 36.9 Å². The highest BCUT2D eigenvalue weighted by Gasteiger charge is 2.57. The van der Waals surface area contributed by atoms with Gasteiger partial charge in [-0.15, -0.1) is 0 Å². The second-order valence-corrected chi connectivity index (χ2v) is 8.63. The minimum Gasteiger partial charge on any atom is -0.432 e. The van der Waals surface area contributed by atoms with Crippen LogP contribution < -0.4 is 4.74 Å². The van der Waals surface area contributed by atoms with E-state index in [-0.39, 0.29) is 24.2 Å². The fourth-order valence-electron chi connectivity index (χ4n) is 4.73. The summed E-state index contributed by atoms with van der Waals surface area (Å²) in [6, 6.07) is 0.831. The summed E-state index contributed by atoms with van der Waals surface area (Å²) >= 11 is 0. The van der Waals surface area contributed by atoms with Gasteiger partial charge < -0.3 is 18.9 Å². The zero-order valence-corrected chi connectivity index (χ0v) is 16.7. The Kier molecular flexibility index (Phi) is 5.74. The molecule has 0 amide bonds. The van der Waals surface area contributed by atoms with Crippen LogP contribution in [-0.4, -0.2) is 31.9 Å². The Balaban J connectivity index is 1.36. The van der Waals surface area contributed by atoms with E-state index in [9.17, 15) is 22.0 Å². The SMILES string of the molecule is CCCC12COC(C3CCC(C(F)(F)Oc4cc(F)c(F)c(F)c4)CC3)(OC1)OC2. The first kappa shape index (κ1) is 21.8. The normalized spacial score (nSPS) is 34.2. The smallest absolute Gasteiger partial charge is 0.400 e. The summed E-state index contributed by atoms with van der Waals surface area (Å²) in [5.41, 5.74) is -0.131. The van der Waals surface area contributed by atoms with Crippen molar-refractivity contribution in [3.05, 3.63) is 29.6 Å². The Morgan fingerprint density at radius 3 is 2.00 bits per heavy atom. The molecule has 0 N–H and O–H groups in total. The van der Waals surface area contributed by atoms with Crippen LogP contribution in [0.15, 0.2) is 12.1 Å². The van der Waals surface area contributed by atoms with E-state index < -0.39 is 41.2 Å². The number of alkyl halides is 2. The highest BCUT2D eigenvalue weighted by Crippen LogP contribution is 2.50. The van der Waals surface area contributed by atoms with Gasteiger partial charge in [-0.3, -0.25) is 0 Å². The van der Waals surface area contributed by atoms with Gasteiger partial charge in [-0.2, -0.15) is 8.78 Å². The predicted octanol–water partition coefficient (Wildman–Crippen LogP) is 5.40. The van der Waals surface area contributed by atoms with Crippen LogP contribution in [0.4, 0.5) is 22.0 Å². The second-order valence-electron chi connectivity index (χ2n) is 8.63. The first-order valence-electron chi connectivity index (χ1n) is 10.3. The van der Waals surface area contributed by atoms with Crippen LogP contribution in [-0.2, 0) is 14.2 Å². The average Bonchev–Trinajstić information content (AvgIpc) is 2.73. The van der Waals surface area contributed by atoms with Crippen LogP contribution in [0.1, 0.15) is 45.4 Å². The molecular formula is C21H25F5O4. The van der Waals surface area contributed by atoms with Gasteiger partial charge in [0.15, 0.2) is 17.5 Å². The standard InChI is InChI=1S/C21H25F5O4/c1-2-7-19-10-27-21(28-11-19,29-12-19)14-5-3-13(4-6-14)20(25,26)30-15-8-16(22)18(24)17(23)9-15/h8-9,13-14H,2-7,10-12H2,1H3. The number of hydrogen-bond donors (Lipinski definition) is 0. The van der Waals surface area contributed by atoms with Crippen LogP contribution in [0.2, 0.25) is 0 Å². The predicted molar refractivity (Wildman–Crippen MR) is 95.3 cm³/mol. The third kappa shape index (κ3) is 3.91. The zero-order valence-electron chi connectivity index (χ0n) is 16.7. The molecule has 0 unspecified atom stereocenters. The highest BCUT2D eigenvalue weighted by atomic mass is 19.3. The third-order valence-corrected chi connectivity index (χ3v) is 6.43. The molecule has 4 fully saturated rings. The molecule has 3 heterocycles. The molecule has 0 aromatic heterocycles. The fraction of sp³-hybridized carbons (Fsp3) is 0.714. The summed E-state index contributed by atoms with van der Waals surface area (Å²) in [5, 5.41) is 0. The molecule has 0 atom stereocenters. The van der Waals surface area contributed by atoms with Crippen LogP contribution >= 0.6 is 0 Å². The Morgan fingerprint density at radius 2 is 1.50 bits per heavy atom. The summed E-state index contributed by atoms with van der Waals surface area (Å²) in [5.74, 6) is -8.17. The van der Waals surface area contributed by atoms with Gasteiger partial charge in [0.25, 0.3) is 5.97 Å². The van der Waals surface area contributed by atoms with Crippen LogP contribution in [0.3, 0.4) is 0 Å². The molecule has 1 aromatic carbocycles. The van der Waals surface area contributed by atoms with Crippen molar-refractivity contribution >= 4 is 0 Å².